The van der Waals surface area contributed by atoms with Crippen molar-refractivity contribution in [2.24, 2.45) is 5.16 Å². The summed E-state index contributed by atoms with van der Waals surface area (Å²) >= 11 is 0. The number of carbonyl (C=O) groups excluding carboxylic acids is 1. The van der Waals surface area contributed by atoms with Crippen LogP contribution >= 0.6 is 0 Å². The maximum absolute atomic E-state index is 13.6. The number of amides is 1. The molecule has 0 bridgehead atoms. The molecule has 2 N–H and O–H groups in total. The molecule has 1 amide bonds. The van der Waals surface area contributed by atoms with E-state index in [1.807, 2.05) is 6.07 Å². The summed E-state index contributed by atoms with van der Waals surface area (Å²) in [7, 11) is 0. The number of benzene rings is 2. The average molecular weight is 563 g/mol. The van der Waals surface area contributed by atoms with Gasteiger partial charge in [0.15, 0.2) is 5.71 Å². The van der Waals surface area contributed by atoms with Crippen molar-refractivity contribution >= 4 is 23.3 Å². The van der Waals surface area contributed by atoms with Gasteiger partial charge in [-0.05, 0) is 65.8 Å². The number of hydrogen-bond acceptors (Lipinski definition) is 4. The molecule has 0 aliphatic heterocycles. The van der Waals surface area contributed by atoms with Crippen molar-refractivity contribution in [3.8, 4) is 0 Å². The molecule has 0 saturated heterocycles. The second-order valence-electron chi connectivity index (χ2n) is 12.8. The average Bonchev–Trinajstić information content (AvgIpc) is 2.94. The summed E-state index contributed by atoms with van der Waals surface area (Å²) in [5.74, 6) is -1.59. The number of para-hydroxylation sites is 1. The number of unbranched alkanes of at least 4 members (excludes halogenated alkanes) is 9. The maximum Gasteiger partial charge on any atom is 0.337 e. The molecule has 6 heteroatoms. The Morgan fingerprint density at radius 2 is 1.41 bits per heavy atom. The number of oxime groups is 1. The Balaban J connectivity index is 1.72. The van der Waals surface area contributed by atoms with Crippen LogP contribution in [0.3, 0.4) is 0 Å². The van der Waals surface area contributed by atoms with Crippen molar-refractivity contribution in [1.82, 2.24) is 0 Å². The number of anilines is 1. The predicted octanol–water partition coefficient (Wildman–Crippen LogP) is 9.01. The molecule has 3 rings (SSSR count). The van der Waals surface area contributed by atoms with Crippen molar-refractivity contribution in [2.75, 3.05) is 11.9 Å². The van der Waals surface area contributed by atoms with E-state index in [0.717, 1.165) is 25.7 Å². The van der Waals surface area contributed by atoms with Crippen molar-refractivity contribution in [3.05, 3.63) is 64.7 Å². The molecule has 1 aliphatic rings. The Morgan fingerprint density at radius 1 is 0.829 bits per heavy atom. The number of hydrogen-bond donors (Lipinski definition) is 2. The molecule has 1 aliphatic carbocycles. The minimum Gasteiger partial charge on any atom is -0.478 e. The van der Waals surface area contributed by atoms with Gasteiger partial charge in [-0.1, -0.05) is 115 Å². The van der Waals surface area contributed by atoms with E-state index < -0.39 is 11.9 Å². The van der Waals surface area contributed by atoms with Crippen molar-refractivity contribution in [3.63, 3.8) is 0 Å². The number of nitrogens with zero attached hydrogens (tertiary/aromatic N) is 1. The van der Waals surface area contributed by atoms with Gasteiger partial charge in [-0.3, -0.25) is 4.79 Å². The highest BCUT2D eigenvalue weighted by atomic mass is 16.6. The zero-order valence-corrected chi connectivity index (χ0v) is 25.9. The first-order valence-electron chi connectivity index (χ1n) is 15.6. The van der Waals surface area contributed by atoms with Crippen LogP contribution in [0.1, 0.15) is 139 Å². The molecule has 2 aromatic rings. The van der Waals surface area contributed by atoms with E-state index in [-0.39, 0.29) is 27.8 Å². The molecule has 0 unspecified atom stereocenters. The molecule has 6 nitrogen and oxygen atoms in total. The van der Waals surface area contributed by atoms with E-state index in [2.05, 4.69) is 57.2 Å². The second kappa shape index (κ2) is 15.2. The molecule has 0 spiro atoms. The molecule has 0 heterocycles. The lowest BCUT2D eigenvalue weighted by Gasteiger charge is -2.42. The zero-order valence-electron chi connectivity index (χ0n) is 25.9. The van der Waals surface area contributed by atoms with Crippen LogP contribution in [0, 0.1) is 0 Å². The largest absolute Gasteiger partial charge is 0.478 e. The fourth-order valence-corrected chi connectivity index (χ4v) is 5.69. The van der Waals surface area contributed by atoms with Gasteiger partial charge in [-0.25, -0.2) is 4.79 Å². The summed E-state index contributed by atoms with van der Waals surface area (Å²) in [6, 6.07) is 12.5. The lowest BCUT2D eigenvalue weighted by molar-refractivity contribution is -0.110. The molecular formula is C35H50N2O4. The summed E-state index contributed by atoms with van der Waals surface area (Å²) in [6.45, 7) is 11.7. The lowest BCUT2D eigenvalue weighted by atomic mass is 9.63. The van der Waals surface area contributed by atoms with Crippen LogP contribution in [0.2, 0.25) is 0 Å². The molecule has 0 radical (unpaired) electrons. The smallest absolute Gasteiger partial charge is 0.337 e. The van der Waals surface area contributed by atoms with E-state index in [9.17, 15) is 14.7 Å². The number of rotatable bonds is 16. The first kappa shape index (κ1) is 32.4. The number of carboxylic acids is 1. The van der Waals surface area contributed by atoms with E-state index in [1.165, 1.54) is 68.6 Å². The number of carbonyl (C=O) groups is 2. The first-order chi connectivity index (χ1) is 19.6. The minimum absolute atomic E-state index is 0.0276. The van der Waals surface area contributed by atoms with Gasteiger partial charge in [0.2, 0.25) is 0 Å². The van der Waals surface area contributed by atoms with Crippen LogP contribution in [0.15, 0.2) is 47.6 Å². The molecule has 41 heavy (non-hydrogen) atoms. The minimum atomic E-state index is -1.10. The fraction of sp³-hybridized carbons (Fsp3) is 0.571. The van der Waals surface area contributed by atoms with Gasteiger partial charge in [0.05, 0.1) is 11.3 Å². The molecule has 224 valence electrons. The van der Waals surface area contributed by atoms with Gasteiger partial charge >= 0.3 is 5.97 Å². The number of fused-ring (bicyclic) bond motifs is 1. The van der Waals surface area contributed by atoms with Gasteiger partial charge in [-0.2, -0.15) is 0 Å². The molecule has 0 fully saturated rings. The number of carboxylic acid groups (broad SMARTS) is 1. The van der Waals surface area contributed by atoms with E-state index in [4.69, 9.17) is 4.84 Å². The third kappa shape index (κ3) is 9.17. The van der Waals surface area contributed by atoms with Gasteiger partial charge in [0.25, 0.3) is 5.91 Å². The Kier molecular flexibility index (Phi) is 12.0. The van der Waals surface area contributed by atoms with Crippen molar-refractivity contribution < 1.29 is 19.5 Å². The lowest BCUT2D eigenvalue weighted by Crippen LogP contribution is -2.34. The topological polar surface area (TPSA) is 88.0 Å². The van der Waals surface area contributed by atoms with Crippen LogP contribution in [0.4, 0.5) is 5.69 Å². The fourth-order valence-electron chi connectivity index (χ4n) is 5.69. The standard InChI is InChI=1S/C35H50N2O4/c1-6-7-8-9-10-11-12-13-14-17-24-41-37-31(32(38)36-30-19-16-15-18-27(30)33(39)40)26-20-21-28-29(25-26)35(4,5)23-22-34(28,2)3/h15-16,18-21,25H,6-14,17,22-24H2,1-5H3,(H,36,38)(H,39,40). The van der Waals surface area contributed by atoms with Crippen LogP contribution in [-0.4, -0.2) is 29.3 Å². The quantitative estimate of drug-likeness (QED) is 0.121. The first-order valence-corrected chi connectivity index (χ1v) is 15.6. The summed E-state index contributed by atoms with van der Waals surface area (Å²) in [6.07, 6.45) is 14.4. The van der Waals surface area contributed by atoms with Gasteiger partial charge in [0, 0.05) is 5.56 Å². The maximum atomic E-state index is 13.6. The normalized spacial score (nSPS) is 15.7. The Bertz CT molecular complexity index is 1200. The van der Waals surface area contributed by atoms with Crippen LogP contribution in [0.25, 0.3) is 0 Å². The highest BCUT2D eigenvalue weighted by molar-refractivity contribution is 6.49. The van der Waals surface area contributed by atoms with E-state index in [0.29, 0.717) is 12.2 Å². The van der Waals surface area contributed by atoms with Gasteiger partial charge in [0.1, 0.15) is 6.61 Å². The summed E-state index contributed by atoms with van der Waals surface area (Å²) in [5, 5.41) is 16.7. The number of nitrogens with one attached hydrogen (secondary N) is 1. The summed E-state index contributed by atoms with van der Waals surface area (Å²) < 4.78 is 0. The SMILES string of the molecule is CCCCCCCCCCCCON=C(C(=O)Nc1ccccc1C(=O)O)c1ccc2c(c1)C(C)(C)CCC2(C)C. The van der Waals surface area contributed by atoms with Crippen molar-refractivity contribution in [2.45, 2.75) is 122 Å². The molecular weight excluding hydrogens is 512 g/mol. The third-order valence-electron chi connectivity index (χ3n) is 8.49. The summed E-state index contributed by atoms with van der Waals surface area (Å²) in [5.41, 5.74) is 3.60. The molecule has 0 aromatic heterocycles. The van der Waals surface area contributed by atoms with Crippen LogP contribution < -0.4 is 5.32 Å². The second-order valence-corrected chi connectivity index (χ2v) is 12.8. The predicted molar refractivity (Wildman–Crippen MR) is 168 cm³/mol. The third-order valence-corrected chi connectivity index (χ3v) is 8.49. The van der Waals surface area contributed by atoms with E-state index >= 15 is 0 Å². The zero-order chi connectivity index (χ0) is 29.9. The molecule has 0 saturated carbocycles. The van der Waals surface area contributed by atoms with Crippen molar-refractivity contribution in [1.29, 1.82) is 0 Å². The van der Waals surface area contributed by atoms with E-state index in [1.54, 1.807) is 18.2 Å². The molecule has 2 aromatic carbocycles. The highest BCUT2D eigenvalue weighted by Gasteiger charge is 2.37. The number of aromatic carboxylic acids is 1. The Labute approximate surface area is 247 Å². The molecule has 0 atom stereocenters. The Hall–Kier alpha value is -3.15. The van der Waals surface area contributed by atoms with Crippen LogP contribution in [-0.2, 0) is 20.5 Å². The highest BCUT2D eigenvalue weighted by Crippen LogP contribution is 2.46. The summed E-state index contributed by atoms with van der Waals surface area (Å²) in [4.78, 5) is 31.0. The van der Waals surface area contributed by atoms with Crippen LogP contribution in [0.5, 0.6) is 0 Å². The monoisotopic (exact) mass is 562 g/mol. The van der Waals surface area contributed by atoms with Gasteiger partial charge < -0.3 is 15.3 Å². The van der Waals surface area contributed by atoms with Gasteiger partial charge in [-0.15, -0.1) is 0 Å². The Morgan fingerprint density at radius 3 is 2.05 bits per heavy atom.